The number of hydrogen-bond donors (Lipinski definition) is 4. The Bertz CT molecular complexity index is 1030. The number of ether oxygens (including phenoxy) is 1. The Morgan fingerprint density at radius 3 is 2.69 bits per heavy atom. The van der Waals surface area contributed by atoms with Crippen molar-refractivity contribution in [3.8, 4) is 0 Å². The van der Waals surface area contributed by atoms with Crippen LogP contribution in [0.15, 0.2) is 36.9 Å². The summed E-state index contributed by atoms with van der Waals surface area (Å²) in [5.74, 6) is 0.00457. The number of aromatic nitrogens is 4. The summed E-state index contributed by atoms with van der Waals surface area (Å²) >= 11 is 2.23. The van der Waals surface area contributed by atoms with Gasteiger partial charge in [0.15, 0.2) is 29.3 Å². The van der Waals surface area contributed by atoms with Crippen LogP contribution in [0.1, 0.15) is 13.2 Å². The molecule has 1 aliphatic rings. The van der Waals surface area contributed by atoms with Gasteiger partial charge in [0.1, 0.15) is 18.5 Å². The molecule has 3 aromatic rings. The molecule has 152 valence electrons. The van der Waals surface area contributed by atoms with Gasteiger partial charge in [0.05, 0.1) is 6.33 Å². The first-order valence-corrected chi connectivity index (χ1v) is 10.1. The average molecular weight is 510 g/mol. The lowest BCUT2D eigenvalue weighted by atomic mass is 10.1. The fourth-order valence-electron chi connectivity index (χ4n) is 3.18. The zero-order chi connectivity index (χ0) is 20.5. The maximum Gasteiger partial charge on any atom is 0.252 e. The molecule has 1 aromatic carbocycles. The third-order valence-corrected chi connectivity index (χ3v) is 5.31. The number of aliphatic hydroxyl groups is 2. The number of likely N-dealkylation sites (N-methyl/N-ethyl adjacent to an activating group) is 1. The summed E-state index contributed by atoms with van der Waals surface area (Å²) in [6, 6.07) is 7.77. The average Bonchev–Trinajstić information content (AvgIpc) is 3.26. The quantitative estimate of drug-likeness (QED) is 0.373. The minimum atomic E-state index is -1.37. The van der Waals surface area contributed by atoms with Gasteiger partial charge in [0.2, 0.25) is 0 Å². The summed E-state index contributed by atoms with van der Waals surface area (Å²) in [4.78, 5) is 24.9. The third kappa shape index (κ3) is 3.77. The van der Waals surface area contributed by atoms with Gasteiger partial charge in [-0.25, -0.2) is 15.0 Å². The van der Waals surface area contributed by atoms with Crippen molar-refractivity contribution in [2.75, 3.05) is 11.9 Å². The van der Waals surface area contributed by atoms with E-state index in [0.29, 0.717) is 23.5 Å². The van der Waals surface area contributed by atoms with Crippen LogP contribution in [0.5, 0.6) is 0 Å². The second kappa shape index (κ2) is 8.18. The SMILES string of the molecule is CCNC(=O)[C@H]1O[C@@H](n2cnc3c(Nc4ccc(I)cc4)ncnc32)[C@H](O)[C@@H]1O. The van der Waals surface area contributed by atoms with E-state index in [1.54, 1.807) is 6.92 Å². The Balaban J connectivity index is 1.64. The number of nitrogens with zero attached hydrogens (tertiary/aromatic N) is 4. The summed E-state index contributed by atoms with van der Waals surface area (Å²) in [6.45, 7) is 2.15. The van der Waals surface area contributed by atoms with Gasteiger partial charge in [-0.15, -0.1) is 0 Å². The zero-order valence-corrected chi connectivity index (χ0v) is 17.5. The Hall–Kier alpha value is -2.35. The Morgan fingerprint density at radius 1 is 1.21 bits per heavy atom. The predicted octanol–water partition coefficient (Wildman–Crippen LogP) is 0.930. The zero-order valence-electron chi connectivity index (χ0n) is 15.4. The van der Waals surface area contributed by atoms with Crippen LogP contribution in [-0.4, -0.2) is 60.5 Å². The number of rotatable bonds is 5. The van der Waals surface area contributed by atoms with Crippen LogP contribution < -0.4 is 10.6 Å². The summed E-state index contributed by atoms with van der Waals surface area (Å²) in [7, 11) is 0. The van der Waals surface area contributed by atoms with Crippen molar-refractivity contribution in [1.29, 1.82) is 0 Å². The molecule has 4 rings (SSSR count). The Morgan fingerprint density at radius 2 is 1.97 bits per heavy atom. The van der Waals surface area contributed by atoms with E-state index >= 15 is 0 Å². The predicted molar refractivity (Wildman–Crippen MR) is 112 cm³/mol. The van der Waals surface area contributed by atoms with Gasteiger partial charge in [-0.3, -0.25) is 9.36 Å². The van der Waals surface area contributed by atoms with Gasteiger partial charge >= 0.3 is 0 Å². The summed E-state index contributed by atoms with van der Waals surface area (Å²) in [5, 5.41) is 26.5. The number of halogens is 1. The highest BCUT2D eigenvalue weighted by Crippen LogP contribution is 2.32. The lowest BCUT2D eigenvalue weighted by Gasteiger charge is -2.16. The number of imidazole rings is 1. The number of anilines is 2. The van der Waals surface area contributed by atoms with Crippen LogP contribution in [0.4, 0.5) is 11.5 Å². The van der Waals surface area contributed by atoms with E-state index in [9.17, 15) is 15.0 Å². The Kier molecular flexibility index (Phi) is 5.63. The number of hydrogen-bond acceptors (Lipinski definition) is 8. The number of nitrogens with one attached hydrogen (secondary N) is 2. The van der Waals surface area contributed by atoms with Gasteiger partial charge in [0.25, 0.3) is 5.91 Å². The number of carbonyl (C=O) groups excluding carboxylic acids is 1. The van der Waals surface area contributed by atoms with Gasteiger partial charge in [0, 0.05) is 15.8 Å². The molecule has 2 aromatic heterocycles. The molecule has 0 radical (unpaired) electrons. The molecule has 1 aliphatic heterocycles. The van der Waals surface area contributed by atoms with E-state index in [0.717, 1.165) is 9.26 Å². The molecule has 1 saturated heterocycles. The monoisotopic (exact) mass is 510 g/mol. The lowest BCUT2D eigenvalue weighted by molar-refractivity contribution is -0.137. The summed E-state index contributed by atoms with van der Waals surface area (Å²) < 4.78 is 8.25. The van der Waals surface area contributed by atoms with Crippen molar-refractivity contribution in [2.24, 2.45) is 0 Å². The first-order chi connectivity index (χ1) is 14.0. The number of carbonyl (C=O) groups is 1. The van der Waals surface area contributed by atoms with E-state index in [-0.39, 0.29) is 0 Å². The first kappa shape index (κ1) is 19.9. The molecule has 10 nitrogen and oxygen atoms in total. The molecule has 0 aliphatic carbocycles. The van der Waals surface area contributed by atoms with Crippen molar-refractivity contribution < 1.29 is 19.7 Å². The molecule has 4 N–H and O–H groups in total. The van der Waals surface area contributed by atoms with Crippen molar-refractivity contribution in [1.82, 2.24) is 24.8 Å². The lowest BCUT2D eigenvalue weighted by Crippen LogP contribution is -2.42. The molecular formula is C18H19IN6O4. The fourth-order valence-corrected chi connectivity index (χ4v) is 3.54. The van der Waals surface area contributed by atoms with Crippen LogP contribution in [0, 0.1) is 3.57 Å². The van der Waals surface area contributed by atoms with Crippen molar-refractivity contribution in [3.63, 3.8) is 0 Å². The van der Waals surface area contributed by atoms with Gasteiger partial charge in [-0.1, -0.05) is 0 Å². The molecular weight excluding hydrogens is 491 g/mol. The summed E-state index contributed by atoms with van der Waals surface area (Å²) in [6.07, 6.45) is -2.06. The minimum absolute atomic E-state index is 0.390. The maximum absolute atomic E-state index is 12.1. The van der Waals surface area contributed by atoms with E-state index in [4.69, 9.17) is 4.74 Å². The highest BCUT2D eigenvalue weighted by molar-refractivity contribution is 14.1. The Labute approximate surface area is 179 Å². The topological polar surface area (TPSA) is 134 Å². The largest absolute Gasteiger partial charge is 0.387 e. The van der Waals surface area contributed by atoms with Crippen molar-refractivity contribution in [3.05, 3.63) is 40.5 Å². The number of fused-ring (bicyclic) bond motifs is 1. The van der Waals surface area contributed by atoms with Gasteiger partial charge in [-0.2, -0.15) is 0 Å². The molecule has 0 saturated carbocycles. The van der Waals surface area contributed by atoms with Crippen LogP contribution in [0.25, 0.3) is 11.2 Å². The van der Waals surface area contributed by atoms with Crippen molar-refractivity contribution >= 4 is 51.2 Å². The standard InChI is InChI=1S/C18H19IN6O4/c1-2-20-17(28)14-12(26)13(27)18(29-14)25-8-23-11-15(21-7-22-16(11)25)24-10-5-3-9(19)4-6-10/h3-8,12-14,18,26-27H,2H2,1H3,(H,20,28)(H,21,22,24)/t12-,13+,14-,18+/m0/s1. The van der Waals surface area contributed by atoms with E-state index < -0.39 is 30.4 Å². The molecule has 4 atom stereocenters. The maximum atomic E-state index is 12.1. The second-order valence-electron chi connectivity index (χ2n) is 6.50. The van der Waals surface area contributed by atoms with Gasteiger partial charge in [-0.05, 0) is 53.8 Å². The molecule has 0 unspecified atom stereocenters. The third-order valence-electron chi connectivity index (χ3n) is 4.59. The van der Waals surface area contributed by atoms with E-state index in [2.05, 4.69) is 48.2 Å². The first-order valence-electron chi connectivity index (χ1n) is 8.99. The number of aliphatic hydroxyl groups excluding tert-OH is 2. The molecule has 1 fully saturated rings. The molecule has 3 heterocycles. The smallest absolute Gasteiger partial charge is 0.252 e. The molecule has 29 heavy (non-hydrogen) atoms. The minimum Gasteiger partial charge on any atom is -0.387 e. The van der Waals surface area contributed by atoms with E-state index in [1.165, 1.54) is 17.2 Å². The van der Waals surface area contributed by atoms with Crippen LogP contribution in [0.2, 0.25) is 0 Å². The van der Waals surface area contributed by atoms with Crippen LogP contribution in [0.3, 0.4) is 0 Å². The second-order valence-corrected chi connectivity index (χ2v) is 7.75. The number of benzene rings is 1. The molecule has 0 spiro atoms. The molecule has 1 amide bonds. The normalized spacial score (nSPS) is 24.0. The number of amides is 1. The highest BCUT2D eigenvalue weighted by Gasteiger charge is 2.47. The van der Waals surface area contributed by atoms with Gasteiger partial charge < -0.3 is 25.6 Å². The summed E-state index contributed by atoms with van der Waals surface area (Å²) in [5.41, 5.74) is 1.71. The molecule has 11 heteroatoms. The van der Waals surface area contributed by atoms with E-state index in [1.807, 2.05) is 24.3 Å². The molecule has 0 bridgehead atoms. The van der Waals surface area contributed by atoms with Crippen molar-refractivity contribution in [2.45, 2.75) is 31.5 Å². The van der Waals surface area contributed by atoms with Crippen LogP contribution >= 0.6 is 22.6 Å². The highest BCUT2D eigenvalue weighted by atomic mass is 127. The van der Waals surface area contributed by atoms with Crippen LogP contribution in [-0.2, 0) is 9.53 Å². The fraction of sp³-hybridized carbons (Fsp3) is 0.333.